The summed E-state index contributed by atoms with van der Waals surface area (Å²) in [6.07, 6.45) is 4.71. The minimum absolute atomic E-state index is 0.108. The first-order valence-electron chi connectivity index (χ1n) is 6.35. The molecule has 0 unspecified atom stereocenters. The van der Waals surface area contributed by atoms with Crippen LogP contribution in [0.5, 0.6) is 0 Å². The zero-order valence-corrected chi connectivity index (χ0v) is 11.8. The molecule has 0 aliphatic heterocycles. The zero-order chi connectivity index (χ0) is 12.3. The van der Waals surface area contributed by atoms with E-state index in [1.807, 2.05) is 14.2 Å². The molecule has 1 aliphatic carbocycles. The van der Waals surface area contributed by atoms with Gasteiger partial charge in [-0.05, 0) is 38.6 Å². The van der Waals surface area contributed by atoms with E-state index < -0.39 is 0 Å². The molecule has 1 fully saturated rings. The molecule has 4 heteroatoms. The van der Waals surface area contributed by atoms with Crippen molar-refractivity contribution in [2.24, 2.45) is 5.92 Å². The first-order valence-corrected chi connectivity index (χ1v) is 7.23. The highest BCUT2D eigenvalue weighted by Crippen LogP contribution is 2.43. The lowest BCUT2D eigenvalue weighted by molar-refractivity contribution is -0.0531. The standard InChI is InChI=1S/C13H22N2OS/c1-10-4-6-13(16-3,7-5-10)12-15-11(8-14-2)9-17-12/h9-10,14H,4-8H2,1-3H3. The van der Waals surface area contributed by atoms with Gasteiger partial charge in [-0.3, -0.25) is 0 Å². The normalized spacial score (nSPS) is 29.5. The molecule has 2 rings (SSSR count). The SMILES string of the molecule is CNCc1csc(C2(OC)CCC(C)CC2)n1. The Kier molecular flexibility index (Phi) is 4.17. The van der Waals surface area contributed by atoms with Crippen LogP contribution in [-0.4, -0.2) is 19.1 Å². The zero-order valence-electron chi connectivity index (χ0n) is 11.0. The topological polar surface area (TPSA) is 34.1 Å². The second-order valence-electron chi connectivity index (χ2n) is 5.06. The van der Waals surface area contributed by atoms with E-state index in [9.17, 15) is 0 Å². The maximum atomic E-state index is 5.83. The number of nitrogens with zero attached hydrogens (tertiary/aromatic N) is 1. The summed E-state index contributed by atoms with van der Waals surface area (Å²) in [5, 5.41) is 6.45. The quantitative estimate of drug-likeness (QED) is 0.897. The lowest BCUT2D eigenvalue weighted by Gasteiger charge is -2.36. The number of hydrogen-bond acceptors (Lipinski definition) is 4. The van der Waals surface area contributed by atoms with E-state index >= 15 is 0 Å². The van der Waals surface area contributed by atoms with Gasteiger partial charge in [0.25, 0.3) is 0 Å². The summed E-state index contributed by atoms with van der Waals surface area (Å²) in [5.41, 5.74) is 1.02. The summed E-state index contributed by atoms with van der Waals surface area (Å²) in [6, 6.07) is 0. The van der Waals surface area contributed by atoms with Gasteiger partial charge in [0, 0.05) is 19.0 Å². The van der Waals surface area contributed by atoms with Gasteiger partial charge in [0.15, 0.2) is 0 Å². The molecule has 0 atom stereocenters. The summed E-state index contributed by atoms with van der Waals surface area (Å²) >= 11 is 1.74. The van der Waals surface area contributed by atoms with Crippen LogP contribution >= 0.6 is 11.3 Å². The van der Waals surface area contributed by atoms with Crippen LogP contribution in [0.1, 0.15) is 43.3 Å². The monoisotopic (exact) mass is 254 g/mol. The fraction of sp³-hybridized carbons (Fsp3) is 0.769. The molecule has 0 radical (unpaired) electrons. The minimum Gasteiger partial charge on any atom is -0.371 e. The van der Waals surface area contributed by atoms with Crippen molar-refractivity contribution in [3.8, 4) is 0 Å². The first-order chi connectivity index (χ1) is 8.20. The molecule has 0 bridgehead atoms. The maximum absolute atomic E-state index is 5.83. The second kappa shape index (κ2) is 5.46. The van der Waals surface area contributed by atoms with Gasteiger partial charge in [0.05, 0.1) is 5.69 Å². The Labute approximate surface area is 108 Å². The van der Waals surface area contributed by atoms with Gasteiger partial charge in [-0.1, -0.05) is 6.92 Å². The third kappa shape index (κ3) is 2.69. The Morgan fingerprint density at radius 2 is 2.24 bits per heavy atom. The van der Waals surface area contributed by atoms with Crippen molar-refractivity contribution >= 4 is 11.3 Å². The Morgan fingerprint density at radius 3 is 2.82 bits per heavy atom. The number of ether oxygens (including phenoxy) is 1. The molecule has 96 valence electrons. The van der Waals surface area contributed by atoms with E-state index in [1.54, 1.807) is 11.3 Å². The van der Waals surface area contributed by atoms with Crippen LogP contribution in [-0.2, 0) is 16.9 Å². The number of rotatable bonds is 4. The Balaban J connectivity index is 2.16. The lowest BCUT2D eigenvalue weighted by Crippen LogP contribution is -2.33. The molecule has 1 aliphatic rings. The minimum atomic E-state index is -0.108. The molecule has 0 amide bonds. The summed E-state index contributed by atoms with van der Waals surface area (Å²) in [6.45, 7) is 3.17. The molecule has 1 N–H and O–H groups in total. The smallest absolute Gasteiger partial charge is 0.125 e. The summed E-state index contributed by atoms with van der Waals surface area (Å²) in [7, 11) is 3.78. The molecule has 1 saturated carbocycles. The van der Waals surface area contributed by atoms with Gasteiger partial charge in [-0.15, -0.1) is 11.3 Å². The van der Waals surface area contributed by atoms with Crippen LogP contribution < -0.4 is 5.32 Å². The highest BCUT2D eigenvalue weighted by Gasteiger charge is 2.38. The average molecular weight is 254 g/mol. The number of methoxy groups -OCH3 is 1. The lowest BCUT2D eigenvalue weighted by atomic mass is 9.80. The molecule has 1 heterocycles. The molecular formula is C13H22N2OS. The van der Waals surface area contributed by atoms with E-state index in [0.29, 0.717) is 0 Å². The van der Waals surface area contributed by atoms with Crippen molar-refractivity contribution in [2.75, 3.05) is 14.2 Å². The average Bonchev–Trinajstić information content (AvgIpc) is 2.80. The Bertz CT molecular complexity index is 356. The number of hydrogen-bond donors (Lipinski definition) is 1. The van der Waals surface area contributed by atoms with Crippen LogP contribution in [0.3, 0.4) is 0 Å². The van der Waals surface area contributed by atoms with Crippen molar-refractivity contribution in [3.63, 3.8) is 0 Å². The van der Waals surface area contributed by atoms with Gasteiger partial charge in [-0.25, -0.2) is 4.98 Å². The number of aromatic nitrogens is 1. The van der Waals surface area contributed by atoms with Crippen LogP contribution in [0.25, 0.3) is 0 Å². The molecule has 1 aromatic rings. The van der Waals surface area contributed by atoms with E-state index in [4.69, 9.17) is 9.72 Å². The van der Waals surface area contributed by atoms with Gasteiger partial charge >= 0.3 is 0 Å². The fourth-order valence-corrected chi connectivity index (χ4v) is 3.57. The second-order valence-corrected chi connectivity index (χ2v) is 5.91. The third-order valence-electron chi connectivity index (χ3n) is 3.77. The van der Waals surface area contributed by atoms with Crippen molar-refractivity contribution < 1.29 is 4.74 Å². The predicted octanol–water partition coefficient (Wildman–Crippen LogP) is 2.91. The van der Waals surface area contributed by atoms with Gasteiger partial charge in [0.2, 0.25) is 0 Å². The van der Waals surface area contributed by atoms with E-state index in [2.05, 4.69) is 17.6 Å². The van der Waals surface area contributed by atoms with Crippen LogP contribution in [0.2, 0.25) is 0 Å². The molecule has 0 spiro atoms. The molecule has 0 saturated heterocycles. The van der Waals surface area contributed by atoms with Gasteiger partial charge in [0.1, 0.15) is 10.6 Å². The van der Waals surface area contributed by atoms with Crippen LogP contribution in [0.15, 0.2) is 5.38 Å². The number of thiazole rings is 1. The molecular weight excluding hydrogens is 232 g/mol. The Hall–Kier alpha value is -0.450. The fourth-order valence-electron chi connectivity index (χ4n) is 2.51. The van der Waals surface area contributed by atoms with Crippen LogP contribution in [0, 0.1) is 5.92 Å². The largest absolute Gasteiger partial charge is 0.371 e. The third-order valence-corrected chi connectivity index (χ3v) is 4.85. The first kappa shape index (κ1) is 13.0. The molecule has 1 aromatic heterocycles. The van der Waals surface area contributed by atoms with Crippen molar-refractivity contribution in [1.29, 1.82) is 0 Å². The number of nitrogens with one attached hydrogen (secondary N) is 1. The molecule has 0 aromatic carbocycles. The summed E-state index contributed by atoms with van der Waals surface area (Å²) < 4.78 is 5.83. The van der Waals surface area contributed by atoms with Gasteiger partial charge < -0.3 is 10.1 Å². The van der Waals surface area contributed by atoms with Crippen molar-refractivity contribution in [1.82, 2.24) is 10.3 Å². The van der Waals surface area contributed by atoms with Crippen LogP contribution in [0.4, 0.5) is 0 Å². The van der Waals surface area contributed by atoms with E-state index in [0.717, 1.165) is 36.0 Å². The predicted molar refractivity (Wildman–Crippen MR) is 71.2 cm³/mol. The maximum Gasteiger partial charge on any atom is 0.125 e. The highest BCUT2D eigenvalue weighted by molar-refractivity contribution is 7.09. The van der Waals surface area contributed by atoms with Gasteiger partial charge in [-0.2, -0.15) is 0 Å². The van der Waals surface area contributed by atoms with E-state index in [1.165, 1.54) is 12.8 Å². The van der Waals surface area contributed by atoms with Crippen molar-refractivity contribution in [3.05, 3.63) is 16.1 Å². The molecule has 17 heavy (non-hydrogen) atoms. The highest BCUT2D eigenvalue weighted by atomic mass is 32.1. The van der Waals surface area contributed by atoms with Crippen molar-refractivity contribution in [2.45, 2.75) is 44.8 Å². The molecule has 3 nitrogen and oxygen atoms in total. The Morgan fingerprint density at radius 1 is 1.53 bits per heavy atom. The van der Waals surface area contributed by atoms with E-state index in [-0.39, 0.29) is 5.60 Å². The summed E-state index contributed by atoms with van der Waals surface area (Å²) in [4.78, 5) is 4.72. The summed E-state index contributed by atoms with van der Waals surface area (Å²) in [5.74, 6) is 0.829.